The van der Waals surface area contributed by atoms with Crippen molar-refractivity contribution in [3.05, 3.63) is 46.0 Å². The van der Waals surface area contributed by atoms with Crippen LogP contribution in [0.2, 0.25) is 0 Å². The molecular weight excluding hydrogens is 373 g/mol. The molecule has 0 bridgehead atoms. The first-order valence-electron chi connectivity index (χ1n) is 9.45. The number of benzene rings is 1. The highest BCUT2D eigenvalue weighted by Gasteiger charge is 2.36. The van der Waals surface area contributed by atoms with Crippen molar-refractivity contribution in [1.29, 1.82) is 0 Å². The number of hydrogen-bond acceptors (Lipinski definition) is 3. The van der Waals surface area contributed by atoms with Crippen LogP contribution in [0, 0.1) is 4.77 Å². The van der Waals surface area contributed by atoms with Crippen LogP contribution < -0.4 is 0 Å². The Hall–Kier alpha value is -1.67. The molecule has 1 heterocycles. The lowest BCUT2D eigenvalue weighted by Gasteiger charge is -2.23. The highest BCUT2D eigenvalue weighted by Crippen LogP contribution is 2.39. The zero-order valence-corrected chi connectivity index (χ0v) is 16.1. The van der Waals surface area contributed by atoms with Gasteiger partial charge in [-0.25, -0.2) is 4.68 Å². The van der Waals surface area contributed by atoms with Crippen molar-refractivity contribution < 1.29 is 13.2 Å². The molecule has 2 aromatic rings. The van der Waals surface area contributed by atoms with Crippen molar-refractivity contribution in [3.8, 4) is 0 Å². The van der Waals surface area contributed by atoms with Gasteiger partial charge >= 0.3 is 6.18 Å². The zero-order valence-electron chi connectivity index (χ0n) is 15.2. The van der Waals surface area contributed by atoms with E-state index in [0.29, 0.717) is 29.0 Å². The first kappa shape index (κ1) is 18.7. The Morgan fingerprint density at radius 2 is 1.89 bits per heavy atom. The third-order valence-electron chi connectivity index (χ3n) is 5.29. The van der Waals surface area contributed by atoms with E-state index in [2.05, 4.69) is 9.47 Å². The lowest BCUT2D eigenvalue weighted by molar-refractivity contribution is -0.138. The molecule has 0 aliphatic heterocycles. The number of aromatic nitrogens is 3. The second-order valence-corrected chi connectivity index (χ2v) is 7.80. The fourth-order valence-corrected chi connectivity index (χ4v) is 3.87. The van der Waals surface area contributed by atoms with Crippen LogP contribution in [0.3, 0.4) is 0 Å². The van der Waals surface area contributed by atoms with Gasteiger partial charge in [-0.05, 0) is 56.5 Å². The van der Waals surface area contributed by atoms with Gasteiger partial charge in [0.1, 0.15) is 5.82 Å². The van der Waals surface area contributed by atoms with Crippen LogP contribution in [0.4, 0.5) is 13.2 Å². The van der Waals surface area contributed by atoms with Crippen molar-refractivity contribution in [1.82, 2.24) is 19.2 Å². The molecule has 27 heavy (non-hydrogen) atoms. The van der Waals surface area contributed by atoms with Gasteiger partial charge in [0.05, 0.1) is 12.2 Å². The summed E-state index contributed by atoms with van der Waals surface area (Å²) >= 11 is 5.59. The lowest BCUT2D eigenvalue weighted by Crippen LogP contribution is -2.30. The number of halogens is 3. The van der Waals surface area contributed by atoms with Gasteiger partial charge in [0.25, 0.3) is 0 Å². The highest BCUT2D eigenvalue weighted by atomic mass is 32.1. The number of rotatable bonds is 7. The fraction of sp³-hybridized carbons (Fsp3) is 0.579. The molecule has 0 atom stereocenters. The number of alkyl halides is 3. The normalized spacial score (nSPS) is 17.7. The second kappa shape index (κ2) is 7.05. The summed E-state index contributed by atoms with van der Waals surface area (Å²) in [6.45, 7) is 3.50. The summed E-state index contributed by atoms with van der Waals surface area (Å²) in [7, 11) is 0. The average molecular weight is 396 g/mol. The molecule has 0 unspecified atom stereocenters. The van der Waals surface area contributed by atoms with Crippen molar-refractivity contribution in [2.24, 2.45) is 0 Å². The summed E-state index contributed by atoms with van der Waals surface area (Å²) in [5, 5.41) is 4.72. The van der Waals surface area contributed by atoms with Gasteiger partial charge in [-0.1, -0.05) is 18.2 Å². The van der Waals surface area contributed by atoms with Gasteiger partial charge in [0.2, 0.25) is 0 Å². The molecule has 8 heteroatoms. The molecule has 4 rings (SSSR count). The van der Waals surface area contributed by atoms with E-state index in [1.54, 1.807) is 16.8 Å². The Morgan fingerprint density at radius 1 is 1.19 bits per heavy atom. The van der Waals surface area contributed by atoms with E-state index in [4.69, 9.17) is 17.3 Å². The highest BCUT2D eigenvalue weighted by molar-refractivity contribution is 7.71. The van der Waals surface area contributed by atoms with Crippen LogP contribution in [0.1, 0.15) is 55.5 Å². The molecule has 4 nitrogen and oxygen atoms in total. The van der Waals surface area contributed by atoms with E-state index < -0.39 is 11.7 Å². The van der Waals surface area contributed by atoms with Gasteiger partial charge < -0.3 is 4.57 Å². The zero-order chi connectivity index (χ0) is 19.2. The molecule has 0 amide bonds. The van der Waals surface area contributed by atoms with Crippen molar-refractivity contribution in [2.45, 2.75) is 70.5 Å². The molecule has 1 aromatic heterocycles. The minimum atomic E-state index is -4.34. The lowest BCUT2D eigenvalue weighted by atomic mass is 10.1. The largest absolute Gasteiger partial charge is 0.416 e. The van der Waals surface area contributed by atoms with Crippen LogP contribution in [-0.4, -0.2) is 25.3 Å². The fourth-order valence-electron chi connectivity index (χ4n) is 3.55. The number of nitrogens with zero attached hydrogens (tertiary/aromatic N) is 4. The summed E-state index contributed by atoms with van der Waals surface area (Å²) in [6.07, 6.45) is -0.0593. The van der Waals surface area contributed by atoms with Crippen molar-refractivity contribution >= 4 is 12.2 Å². The van der Waals surface area contributed by atoms with Crippen molar-refractivity contribution in [2.75, 3.05) is 0 Å². The van der Waals surface area contributed by atoms with Crippen LogP contribution in [0.25, 0.3) is 0 Å². The Bertz CT molecular complexity index is 878. The van der Waals surface area contributed by atoms with Crippen LogP contribution in [-0.2, 0) is 25.9 Å². The average Bonchev–Trinajstić information content (AvgIpc) is 3.53. The van der Waals surface area contributed by atoms with E-state index >= 15 is 0 Å². The van der Waals surface area contributed by atoms with Crippen LogP contribution >= 0.6 is 12.2 Å². The molecule has 0 saturated heterocycles. The van der Waals surface area contributed by atoms with Gasteiger partial charge in [-0.2, -0.15) is 18.3 Å². The maximum Gasteiger partial charge on any atom is 0.416 e. The predicted molar refractivity (Wildman–Crippen MR) is 98.7 cm³/mol. The summed E-state index contributed by atoms with van der Waals surface area (Å²) in [4.78, 5) is 2.07. The monoisotopic (exact) mass is 396 g/mol. The van der Waals surface area contributed by atoms with Gasteiger partial charge in [-0.15, -0.1) is 0 Å². The molecule has 2 aliphatic rings. The van der Waals surface area contributed by atoms with E-state index in [0.717, 1.165) is 44.1 Å². The molecule has 2 fully saturated rings. The summed E-state index contributed by atoms with van der Waals surface area (Å²) in [5.74, 6) is 1.50. The van der Waals surface area contributed by atoms with Gasteiger partial charge in [-0.3, -0.25) is 4.90 Å². The second-order valence-electron chi connectivity index (χ2n) is 7.43. The Labute approximate surface area is 161 Å². The minimum absolute atomic E-state index is 0.250. The third kappa shape index (κ3) is 3.96. The summed E-state index contributed by atoms with van der Waals surface area (Å²) < 4.78 is 44.6. The first-order chi connectivity index (χ1) is 12.9. The summed E-state index contributed by atoms with van der Waals surface area (Å²) in [6, 6.07) is 6.12. The maximum atomic E-state index is 13.3. The molecule has 1 aromatic carbocycles. The van der Waals surface area contributed by atoms with Gasteiger partial charge in [0, 0.05) is 25.0 Å². The Kier molecular flexibility index (Phi) is 4.88. The molecule has 0 N–H and O–H groups in total. The Balaban J connectivity index is 1.60. The molecule has 2 aliphatic carbocycles. The SMILES string of the molecule is CCn1c(C2CC2)nn(CN(Cc2ccccc2C(F)(F)F)C2CC2)c1=S. The van der Waals surface area contributed by atoms with E-state index in [-0.39, 0.29) is 6.54 Å². The summed E-state index contributed by atoms with van der Waals surface area (Å²) in [5.41, 5.74) is -0.252. The van der Waals surface area contributed by atoms with E-state index in [1.807, 2.05) is 6.92 Å². The smallest absolute Gasteiger partial charge is 0.304 e. The quantitative estimate of drug-likeness (QED) is 0.619. The van der Waals surface area contributed by atoms with Crippen LogP contribution in [0.5, 0.6) is 0 Å². The molecular formula is C19H23F3N4S. The third-order valence-corrected chi connectivity index (χ3v) is 5.72. The Morgan fingerprint density at radius 3 is 2.48 bits per heavy atom. The standard InChI is InChI=1S/C19H23F3N4S/c1-2-25-17(13-7-8-13)23-26(18(25)27)12-24(15-9-10-15)11-14-5-3-4-6-16(14)19(20,21)22/h3-6,13,15H,2,7-12H2,1H3. The number of hydrogen-bond donors (Lipinski definition) is 0. The maximum absolute atomic E-state index is 13.3. The van der Waals surface area contributed by atoms with Crippen molar-refractivity contribution in [3.63, 3.8) is 0 Å². The van der Waals surface area contributed by atoms with Gasteiger partial charge in [0.15, 0.2) is 4.77 Å². The first-order valence-corrected chi connectivity index (χ1v) is 9.86. The predicted octanol–water partition coefficient (Wildman–Crippen LogP) is 4.95. The molecule has 146 valence electrons. The molecule has 0 spiro atoms. The molecule has 0 radical (unpaired) electrons. The van der Waals surface area contributed by atoms with E-state index in [9.17, 15) is 13.2 Å². The van der Waals surface area contributed by atoms with Crippen LogP contribution in [0.15, 0.2) is 24.3 Å². The minimum Gasteiger partial charge on any atom is -0.304 e. The topological polar surface area (TPSA) is 26.0 Å². The van der Waals surface area contributed by atoms with E-state index in [1.165, 1.54) is 6.07 Å². The molecule has 2 saturated carbocycles.